The first-order chi connectivity index (χ1) is 21.2. The predicted molar refractivity (Wildman–Crippen MR) is 170 cm³/mol. The average Bonchev–Trinajstić information content (AvgIpc) is 3.34. The molecule has 0 radical (unpaired) electrons. The van der Waals surface area contributed by atoms with E-state index >= 15 is 0 Å². The molecule has 0 aromatic heterocycles. The predicted octanol–water partition coefficient (Wildman–Crippen LogP) is 0.628. The van der Waals surface area contributed by atoms with Gasteiger partial charge in [0.25, 0.3) is 5.91 Å². The number of aliphatic hydroxyl groups is 1. The summed E-state index contributed by atoms with van der Waals surface area (Å²) < 4.78 is 0. The Hall–Kier alpha value is -3.81. The van der Waals surface area contributed by atoms with Crippen LogP contribution in [-0.4, -0.2) is 106 Å². The molecule has 6 atom stereocenters. The van der Waals surface area contributed by atoms with Crippen molar-refractivity contribution in [2.45, 2.75) is 111 Å². The van der Waals surface area contributed by atoms with Crippen LogP contribution in [0.5, 0.6) is 0 Å². The van der Waals surface area contributed by atoms with Crippen molar-refractivity contribution < 1.29 is 38.7 Å². The average molecular weight is 649 g/mol. The molecule has 7 amide bonds. The normalized spacial score (nSPS) is 22.3. The van der Waals surface area contributed by atoms with Gasteiger partial charge in [0.15, 0.2) is 0 Å². The van der Waals surface area contributed by atoms with Gasteiger partial charge in [0, 0.05) is 32.5 Å². The van der Waals surface area contributed by atoms with E-state index < -0.39 is 70.6 Å². The summed E-state index contributed by atoms with van der Waals surface area (Å²) >= 11 is 0. The molecule has 0 unspecified atom stereocenters. The highest BCUT2D eigenvalue weighted by Gasteiger charge is 2.44. The van der Waals surface area contributed by atoms with Gasteiger partial charge in [0.1, 0.15) is 12.1 Å². The summed E-state index contributed by atoms with van der Waals surface area (Å²) in [4.78, 5) is 93.2. The highest BCUT2D eigenvalue weighted by molar-refractivity contribution is 6.38. The SMILES string of the molecule is C=CCNC(=O)C(=O)[C@H](CC)NC(=O)[C@@H]1C[C@@H](C)CN1C(=O)[C@@H](NC(=O)N[C@H](CN1C(=O)CC(C)(C)CC1=O)C(C)(C)C)[C@H](C)O. The number of imide groups is 1. The Labute approximate surface area is 271 Å². The van der Waals surface area contributed by atoms with E-state index in [2.05, 4.69) is 27.8 Å². The van der Waals surface area contributed by atoms with E-state index in [1.54, 1.807) is 6.92 Å². The molecule has 2 fully saturated rings. The maximum atomic E-state index is 13.8. The summed E-state index contributed by atoms with van der Waals surface area (Å²) in [5.74, 6) is -3.78. The lowest BCUT2D eigenvalue weighted by atomic mass is 9.80. The van der Waals surface area contributed by atoms with Crippen LogP contribution in [-0.2, 0) is 28.8 Å². The standard InChI is InChI=1S/C32H52N6O8/c1-10-12-33-28(44)26(42)20(11-2)34-27(43)21-13-18(3)16-37(21)29(45)25(19(4)39)36-30(46)35-22(31(5,6)7)17-38-23(40)14-32(8,9)15-24(38)41/h10,18-22,25,39H,1,11-17H2,2-9H3,(H,33,44)(H,34,43)(H2,35,36,46)/t18-,19+,20+,21+,22-,25+/m1/s1. The van der Waals surface area contributed by atoms with Gasteiger partial charge >= 0.3 is 6.03 Å². The summed E-state index contributed by atoms with van der Waals surface area (Å²) in [5.41, 5.74) is -1.05. The number of likely N-dealkylation sites (tertiary alicyclic amines) is 2. The number of hydrogen-bond acceptors (Lipinski definition) is 8. The summed E-state index contributed by atoms with van der Waals surface area (Å²) in [7, 11) is 0. The van der Waals surface area contributed by atoms with E-state index in [4.69, 9.17) is 0 Å². The topological polar surface area (TPSA) is 194 Å². The fourth-order valence-electron chi connectivity index (χ4n) is 5.61. The zero-order chi connectivity index (χ0) is 35.1. The molecule has 2 rings (SSSR count). The summed E-state index contributed by atoms with van der Waals surface area (Å²) in [6.07, 6.45) is 0.864. The number of nitrogens with zero attached hydrogens (tertiary/aromatic N) is 2. The van der Waals surface area contributed by atoms with Gasteiger partial charge in [0.05, 0.1) is 18.2 Å². The molecule has 0 aromatic carbocycles. The van der Waals surface area contributed by atoms with Crippen molar-refractivity contribution in [2.75, 3.05) is 19.6 Å². The van der Waals surface area contributed by atoms with Crippen LogP contribution in [0.2, 0.25) is 0 Å². The first kappa shape index (κ1) is 38.4. The number of urea groups is 1. The van der Waals surface area contributed by atoms with Crippen LogP contribution < -0.4 is 21.3 Å². The molecule has 2 aliphatic heterocycles. The van der Waals surface area contributed by atoms with Crippen molar-refractivity contribution in [1.29, 1.82) is 0 Å². The van der Waals surface area contributed by atoms with Gasteiger partial charge in [-0.05, 0) is 36.5 Å². The van der Waals surface area contributed by atoms with Crippen molar-refractivity contribution in [3.63, 3.8) is 0 Å². The molecular weight excluding hydrogens is 596 g/mol. The fourth-order valence-corrected chi connectivity index (χ4v) is 5.61. The monoisotopic (exact) mass is 648 g/mol. The molecule has 258 valence electrons. The van der Waals surface area contributed by atoms with Gasteiger partial charge < -0.3 is 31.3 Å². The fraction of sp³-hybridized carbons (Fsp3) is 0.719. The van der Waals surface area contributed by atoms with Gasteiger partial charge in [0.2, 0.25) is 29.4 Å². The van der Waals surface area contributed by atoms with Gasteiger partial charge in [-0.25, -0.2) is 4.79 Å². The summed E-state index contributed by atoms with van der Waals surface area (Å²) in [5, 5.41) is 20.8. The molecule has 0 spiro atoms. The third kappa shape index (κ3) is 10.1. The lowest BCUT2D eigenvalue weighted by molar-refractivity contribution is -0.153. The van der Waals surface area contributed by atoms with Crippen molar-refractivity contribution in [2.24, 2.45) is 16.7 Å². The van der Waals surface area contributed by atoms with Crippen LogP contribution in [0.3, 0.4) is 0 Å². The molecule has 2 saturated heterocycles. The maximum Gasteiger partial charge on any atom is 0.315 e. The summed E-state index contributed by atoms with van der Waals surface area (Å²) in [6.45, 7) is 17.7. The molecule has 14 nitrogen and oxygen atoms in total. The third-order valence-electron chi connectivity index (χ3n) is 8.38. The van der Waals surface area contributed by atoms with Crippen molar-refractivity contribution in [3.05, 3.63) is 12.7 Å². The Bertz CT molecular complexity index is 1190. The van der Waals surface area contributed by atoms with E-state index in [-0.39, 0.29) is 63.0 Å². The Kier molecular flexibility index (Phi) is 13.1. The van der Waals surface area contributed by atoms with Gasteiger partial charge in [-0.2, -0.15) is 0 Å². The second kappa shape index (κ2) is 15.7. The zero-order valence-electron chi connectivity index (χ0n) is 28.4. The number of aliphatic hydroxyl groups excluding tert-OH is 1. The maximum absolute atomic E-state index is 13.8. The van der Waals surface area contributed by atoms with E-state index in [0.29, 0.717) is 0 Å². The molecular formula is C32H52N6O8. The lowest BCUT2D eigenvalue weighted by Gasteiger charge is -2.40. The molecule has 0 saturated carbocycles. The molecule has 0 bridgehead atoms. The number of hydrogen-bond donors (Lipinski definition) is 5. The molecule has 5 N–H and O–H groups in total. The number of Topliss-reactive ketones (excluding diaryl/α,β-unsaturated/α-hetero) is 1. The van der Waals surface area contributed by atoms with Gasteiger partial charge in [-0.3, -0.25) is 33.7 Å². The number of ketones is 1. The van der Waals surface area contributed by atoms with Crippen LogP contribution >= 0.6 is 0 Å². The minimum Gasteiger partial charge on any atom is -0.391 e. The highest BCUT2D eigenvalue weighted by Crippen LogP contribution is 2.32. The Morgan fingerprint density at radius 1 is 1.07 bits per heavy atom. The summed E-state index contributed by atoms with van der Waals surface area (Å²) in [6, 6.07) is -5.04. The van der Waals surface area contributed by atoms with E-state index in [1.165, 1.54) is 17.9 Å². The number of carbonyl (C=O) groups is 7. The van der Waals surface area contributed by atoms with Gasteiger partial charge in [-0.1, -0.05) is 54.5 Å². The van der Waals surface area contributed by atoms with Crippen LogP contribution in [0, 0.1) is 16.7 Å². The first-order valence-corrected chi connectivity index (χ1v) is 15.8. The van der Waals surface area contributed by atoms with Gasteiger partial charge in [-0.15, -0.1) is 6.58 Å². The van der Waals surface area contributed by atoms with Crippen LogP contribution in [0.25, 0.3) is 0 Å². The van der Waals surface area contributed by atoms with Crippen LogP contribution in [0.15, 0.2) is 12.7 Å². The zero-order valence-corrected chi connectivity index (χ0v) is 28.4. The second-order valence-corrected chi connectivity index (χ2v) is 14.4. The molecule has 0 aromatic rings. The quantitative estimate of drug-likeness (QED) is 0.109. The van der Waals surface area contributed by atoms with Crippen molar-refractivity contribution in [1.82, 2.24) is 31.1 Å². The Morgan fingerprint density at radius 2 is 1.65 bits per heavy atom. The first-order valence-electron chi connectivity index (χ1n) is 15.8. The van der Waals surface area contributed by atoms with Crippen LogP contribution in [0.1, 0.15) is 81.1 Å². The number of rotatable bonds is 13. The Balaban J connectivity index is 2.18. The molecule has 14 heteroatoms. The molecule has 2 heterocycles. The van der Waals surface area contributed by atoms with Crippen molar-refractivity contribution in [3.8, 4) is 0 Å². The second-order valence-electron chi connectivity index (χ2n) is 14.4. The highest BCUT2D eigenvalue weighted by atomic mass is 16.3. The minimum absolute atomic E-state index is 0.0627. The number of amides is 7. The third-order valence-corrected chi connectivity index (χ3v) is 8.38. The molecule has 0 aliphatic carbocycles. The number of nitrogens with one attached hydrogen (secondary N) is 4. The largest absolute Gasteiger partial charge is 0.391 e. The lowest BCUT2D eigenvalue weighted by Crippen LogP contribution is -2.62. The Morgan fingerprint density at radius 3 is 2.15 bits per heavy atom. The van der Waals surface area contributed by atoms with E-state index in [9.17, 15) is 38.7 Å². The van der Waals surface area contributed by atoms with E-state index in [1.807, 2.05) is 41.5 Å². The minimum atomic E-state index is -1.44. The molecule has 46 heavy (non-hydrogen) atoms. The van der Waals surface area contributed by atoms with E-state index in [0.717, 1.165) is 4.90 Å². The smallest absolute Gasteiger partial charge is 0.315 e. The molecule has 2 aliphatic rings. The van der Waals surface area contributed by atoms with Crippen molar-refractivity contribution >= 4 is 41.4 Å². The number of piperidine rings is 1. The number of carbonyl (C=O) groups excluding carboxylic acids is 7. The van der Waals surface area contributed by atoms with Crippen LogP contribution in [0.4, 0.5) is 4.79 Å².